The van der Waals surface area contributed by atoms with Crippen molar-refractivity contribution in [3.05, 3.63) is 58.1 Å². The highest BCUT2D eigenvalue weighted by Crippen LogP contribution is 2.37. The minimum Gasteiger partial charge on any atom is -0.347 e. The Hall–Kier alpha value is -3.02. The van der Waals surface area contributed by atoms with Crippen LogP contribution in [-0.2, 0) is 6.42 Å². The van der Waals surface area contributed by atoms with Crippen molar-refractivity contribution in [2.24, 2.45) is 0 Å². The zero-order valence-corrected chi connectivity index (χ0v) is 16.9. The van der Waals surface area contributed by atoms with Gasteiger partial charge in [0.25, 0.3) is 5.91 Å². The van der Waals surface area contributed by atoms with Crippen LogP contribution in [0, 0.1) is 29.7 Å². The molecule has 0 aromatic heterocycles. The Kier molecular flexibility index (Phi) is 5.18. The highest BCUT2D eigenvalue weighted by Gasteiger charge is 2.46. The largest absolute Gasteiger partial charge is 0.347 e. The van der Waals surface area contributed by atoms with E-state index in [1.165, 1.54) is 0 Å². The number of aryl methyl sites for hydroxylation is 1. The van der Waals surface area contributed by atoms with Crippen molar-refractivity contribution >= 4 is 17.5 Å². The van der Waals surface area contributed by atoms with E-state index in [0.29, 0.717) is 17.0 Å². The molecule has 6 heteroatoms. The molecule has 2 bridgehead atoms. The fourth-order valence-corrected chi connectivity index (χ4v) is 4.82. The monoisotopic (exact) mass is 404 g/mol. The normalized spacial score (nSPS) is 22.2. The summed E-state index contributed by atoms with van der Waals surface area (Å²) in [4.78, 5) is 14.6. The van der Waals surface area contributed by atoms with Crippen LogP contribution in [0.3, 0.4) is 0 Å². The van der Waals surface area contributed by atoms with Crippen molar-refractivity contribution in [2.45, 2.75) is 50.7 Å². The molecule has 2 aliphatic rings. The molecule has 5 nitrogen and oxygen atoms in total. The lowest BCUT2D eigenvalue weighted by Crippen LogP contribution is -2.43. The second kappa shape index (κ2) is 7.78. The average molecular weight is 405 g/mol. The Morgan fingerprint density at radius 2 is 1.97 bits per heavy atom. The molecule has 0 aliphatic carbocycles. The first-order valence-corrected chi connectivity index (χ1v) is 10.1. The molecular weight excluding hydrogens is 384 g/mol. The third-order valence-electron chi connectivity index (χ3n) is 6.13. The Morgan fingerprint density at radius 1 is 1.21 bits per heavy atom. The molecule has 2 fully saturated rings. The standard InChI is InChI=1S/C23H21ClN4O/c1-14-2-3-16(10-15(14)8-9-25)17-4-6-19(20(24)11-17)23(29)27-21-12-18-5-7-22(21)28(18)13-26/h2-4,6,10-11,18,21-22H,5,7-8,12H2,1H3,(H,27,29)/t18-,21+,22+/m0/s1. The molecule has 146 valence electrons. The topological polar surface area (TPSA) is 79.9 Å². The number of amides is 1. The number of rotatable bonds is 4. The summed E-state index contributed by atoms with van der Waals surface area (Å²) >= 11 is 6.45. The quantitative estimate of drug-likeness (QED) is 0.774. The molecule has 29 heavy (non-hydrogen) atoms. The molecule has 2 aliphatic heterocycles. The third-order valence-corrected chi connectivity index (χ3v) is 6.45. The smallest absolute Gasteiger partial charge is 0.253 e. The van der Waals surface area contributed by atoms with Crippen LogP contribution in [0.5, 0.6) is 0 Å². The van der Waals surface area contributed by atoms with Crippen molar-refractivity contribution in [3.63, 3.8) is 0 Å². The van der Waals surface area contributed by atoms with Crippen molar-refractivity contribution in [3.8, 4) is 23.4 Å². The minimum absolute atomic E-state index is 0.0118. The van der Waals surface area contributed by atoms with Crippen LogP contribution in [0.4, 0.5) is 0 Å². The number of fused-ring (bicyclic) bond motifs is 2. The van der Waals surface area contributed by atoms with Crippen LogP contribution in [-0.4, -0.2) is 28.9 Å². The van der Waals surface area contributed by atoms with Crippen LogP contribution in [0.2, 0.25) is 5.02 Å². The Labute approximate surface area is 175 Å². The number of nitrogens with one attached hydrogen (secondary N) is 1. The van der Waals surface area contributed by atoms with Gasteiger partial charge in [0.15, 0.2) is 6.19 Å². The van der Waals surface area contributed by atoms with Crippen LogP contribution < -0.4 is 5.32 Å². The second-order valence-corrected chi connectivity index (χ2v) is 8.20. The van der Waals surface area contributed by atoms with Gasteiger partial charge in [-0.05, 0) is 66.6 Å². The zero-order valence-electron chi connectivity index (χ0n) is 16.2. The van der Waals surface area contributed by atoms with Gasteiger partial charge in [-0.2, -0.15) is 10.5 Å². The first-order valence-electron chi connectivity index (χ1n) is 9.77. The number of carbonyl (C=O) groups is 1. The summed E-state index contributed by atoms with van der Waals surface area (Å²) in [7, 11) is 0. The molecule has 4 rings (SSSR count). The third kappa shape index (κ3) is 3.55. The van der Waals surface area contributed by atoms with Crippen LogP contribution in [0.1, 0.15) is 40.7 Å². The predicted octanol–water partition coefficient (Wildman–Crippen LogP) is 4.20. The number of halogens is 1. The maximum absolute atomic E-state index is 12.8. The van der Waals surface area contributed by atoms with Crippen molar-refractivity contribution < 1.29 is 4.79 Å². The fraction of sp³-hybridized carbons (Fsp3) is 0.348. The van der Waals surface area contributed by atoms with Gasteiger partial charge in [0.1, 0.15) is 0 Å². The van der Waals surface area contributed by atoms with Gasteiger partial charge in [0.2, 0.25) is 0 Å². The highest BCUT2D eigenvalue weighted by atomic mass is 35.5. The molecule has 1 N–H and O–H groups in total. The van der Waals surface area contributed by atoms with Gasteiger partial charge in [-0.25, -0.2) is 0 Å². The molecule has 0 radical (unpaired) electrons. The van der Waals surface area contributed by atoms with E-state index in [0.717, 1.165) is 41.5 Å². The lowest BCUT2D eigenvalue weighted by molar-refractivity contribution is 0.0928. The fourth-order valence-electron chi connectivity index (χ4n) is 4.55. The first kappa shape index (κ1) is 19.3. The maximum Gasteiger partial charge on any atom is 0.253 e. The molecule has 1 amide bonds. The zero-order chi connectivity index (χ0) is 20.5. The lowest BCUT2D eigenvalue weighted by atomic mass is 9.95. The summed E-state index contributed by atoms with van der Waals surface area (Å²) in [5.74, 6) is -0.203. The molecular formula is C23H21ClN4O. The van der Waals surface area contributed by atoms with E-state index in [1.54, 1.807) is 12.1 Å². The highest BCUT2D eigenvalue weighted by molar-refractivity contribution is 6.34. The van der Waals surface area contributed by atoms with E-state index < -0.39 is 0 Å². The van der Waals surface area contributed by atoms with Crippen LogP contribution in [0.15, 0.2) is 36.4 Å². The maximum atomic E-state index is 12.8. The molecule has 0 saturated carbocycles. The van der Waals surface area contributed by atoms with Crippen LogP contribution in [0.25, 0.3) is 11.1 Å². The summed E-state index contributed by atoms with van der Waals surface area (Å²) in [6, 6.07) is 13.9. The number of hydrogen-bond acceptors (Lipinski definition) is 4. The van der Waals surface area contributed by atoms with E-state index in [9.17, 15) is 10.1 Å². The molecule has 0 unspecified atom stereocenters. The van der Waals surface area contributed by atoms with E-state index >= 15 is 0 Å². The molecule has 2 saturated heterocycles. The SMILES string of the molecule is Cc1ccc(-c2ccc(C(=O)N[C@@H]3C[C@@H]4CC[C@H]3N4C#N)c(Cl)c2)cc1CC#N. The Bertz CT molecular complexity index is 1050. The van der Waals surface area contributed by atoms with Gasteiger partial charge < -0.3 is 10.2 Å². The van der Waals surface area contributed by atoms with Gasteiger partial charge in [-0.15, -0.1) is 0 Å². The summed E-state index contributed by atoms with van der Waals surface area (Å²) in [6.45, 7) is 1.99. The van der Waals surface area contributed by atoms with Crippen molar-refractivity contribution in [2.75, 3.05) is 0 Å². The van der Waals surface area contributed by atoms with E-state index in [1.807, 2.05) is 36.1 Å². The van der Waals surface area contributed by atoms with E-state index in [4.69, 9.17) is 16.9 Å². The van der Waals surface area contributed by atoms with Gasteiger partial charge in [-0.1, -0.05) is 29.8 Å². The molecule has 0 spiro atoms. The van der Waals surface area contributed by atoms with Gasteiger partial charge in [0.05, 0.1) is 35.2 Å². The van der Waals surface area contributed by atoms with E-state index in [2.05, 4.69) is 17.6 Å². The van der Waals surface area contributed by atoms with Gasteiger partial charge in [0, 0.05) is 6.04 Å². The summed E-state index contributed by atoms with van der Waals surface area (Å²) in [6.07, 6.45) is 5.38. The van der Waals surface area contributed by atoms with Crippen LogP contribution >= 0.6 is 11.6 Å². The second-order valence-electron chi connectivity index (χ2n) is 7.79. The molecule has 2 aromatic carbocycles. The number of benzene rings is 2. The van der Waals surface area contributed by atoms with Crippen molar-refractivity contribution in [1.29, 1.82) is 10.5 Å². The predicted molar refractivity (Wildman–Crippen MR) is 111 cm³/mol. The Balaban J connectivity index is 1.52. The van der Waals surface area contributed by atoms with Gasteiger partial charge in [-0.3, -0.25) is 4.79 Å². The first-order chi connectivity index (χ1) is 14.0. The molecule has 2 aromatic rings. The lowest BCUT2D eigenvalue weighted by Gasteiger charge is -2.22. The summed E-state index contributed by atoms with van der Waals surface area (Å²) < 4.78 is 0. The number of hydrogen-bond donors (Lipinski definition) is 1. The van der Waals surface area contributed by atoms with Crippen molar-refractivity contribution in [1.82, 2.24) is 10.2 Å². The summed E-state index contributed by atoms with van der Waals surface area (Å²) in [5.41, 5.74) is 4.37. The Morgan fingerprint density at radius 3 is 2.66 bits per heavy atom. The minimum atomic E-state index is -0.203. The number of carbonyl (C=O) groups excluding carboxylic acids is 1. The van der Waals surface area contributed by atoms with Gasteiger partial charge >= 0.3 is 0 Å². The number of nitriles is 2. The number of nitrogens with zero attached hydrogens (tertiary/aromatic N) is 3. The molecule has 3 atom stereocenters. The molecule has 2 heterocycles. The summed E-state index contributed by atoms with van der Waals surface area (Å²) in [5, 5.41) is 21.8. The average Bonchev–Trinajstić information content (AvgIpc) is 3.26. The van der Waals surface area contributed by atoms with E-state index in [-0.39, 0.29) is 24.0 Å².